The average Bonchev–Trinajstić information content (AvgIpc) is 2.83. The fourth-order valence-electron chi connectivity index (χ4n) is 5.27. The maximum Gasteiger partial charge on any atom is 0.254 e. The predicted molar refractivity (Wildman–Crippen MR) is 147 cm³/mol. The average molecular weight is 483 g/mol. The molecule has 0 radical (unpaired) electrons. The molecule has 3 aromatic carbocycles. The van der Waals surface area contributed by atoms with Gasteiger partial charge in [0.15, 0.2) is 0 Å². The van der Waals surface area contributed by atoms with Crippen molar-refractivity contribution in [1.82, 2.24) is 4.90 Å². The lowest BCUT2D eigenvalue weighted by atomic mass is 9.82. The molecule has 1 heterocycles. The molecule has 2 amide bonds. The van der Waals surface area contributed by atoms with Gasteiger partial charge in [0.25, 0.3) is 5.91 Å². The number of hydrogen-bond donors (Lipinski definition) is 1. The quantitative estimate of drug-likeness (QED) is 0.430. The van der Waals surface area contributed by atoms with Gasteiger partial charge in [-0.3, -0.25) is 9.59 Å². The Hall–Kier alpha value is -3.40. The normalized spacial score (nSPS) is 18.1. The summed E-state index contributed by atoms with van der Waals surface area (Å²) in [6.07, 6.45) is 1.53. The third-order valence-corrected chi connectivity index (χ3v) is 7.34. The van der Waals surface area contributed by atoms with Crippen LogP contribution in [0.1, 0.15) is 77.8 Å². The van der Waals surface area contributed by atoms with Crippen LogP contribution in [0.15, 0.2) is 66.7 Å². The monoisotopic (exact) mass is 482 g/mol. The van der Waals surface area contributed by atoms with Gasteiger partial charge in [-0.05, 0) is 73.4 Å². The van der Waals surface area contributed by atoms with Gasteiger partial charge in [0, 0.05) is 17.8 Å². The molecule has 0 saturated carbocycles. The number of likely N-dealkylation sites (tertiary alicyclic amines) is 1. The van der Waals surface area contributed by atoms with Crippen LogP contribution in [-0.4, -0.2) is 23.3 Å². The van der Waals surface area contributed by atoms with E-state index in [4.69, 9.17) is 0 Å². The van der Waals surface area contributed by atoms with Gasteiger partial charge in [0.2, 0.25) is 5.91 Å². The van der Waals surface area contributed by atoms with Gasteiger partial charge in [-0.25, -0.2) is 0 Å². The van der Waals surface area contributed by atoms with E-state index in [0.29, 0.717) is 6.54 Å². The predicted octanol–water partition coefficient (Wildman–Crippen LogP) is 7.14. The highest BCUT2D eigenvalue weighted by Gasteiger charge is 2.40. The van der Waals surface area contributed by atoms with Gasteiger partial charge in [-0.1, -0.05) is 80.9 Å². The van der Waals surface area contributed by atoms with E-state index in [1.54, 1.807) is 0 Å². The first-order chi connectivity index (χ1) is 17.1. The number of aryl methyl sites for hydroxylation is 3. The van der Waals surface area contributed by atoms with Crippen LogP contribution in [0.3, 0.4) is 0 Å². The van der Waals surface area contributed by atoms with Crippen molar-refractivity contribution >= 4 is 17.5 Å². The van der Waals surface area contributed by atoms with Crippen molar-refractivity contribution < 1.29 is 9.59 Å². The number of benzene rings is 3. The minimum absolute atomic E-state index is 0.00315. The maximum atomic E-state index is 14.0. The van der Waals surface area contributed by atoms with Crippen molar-refractivity contribution in [1.29, 1.82) is 0 Å². The fraction of sp³-hybridized carbons (Fsp3) is 0.375. The summed E-state index contributed by atoms with van der Waals surface area (Å²) in [5.41, 5.74) is 6.80. The minimum atomic E-state index is -0.340. The van der Waals surface area contributed by atoms with Crippen LogP contribution in [-0.2, 0) is 10.2 Å². The van der Waals surface area contributed by atoms with Crippen molar-refractivity contribution in [3.8, 4) is 0 Å². The Bertz CT molecular complexity index is 1230. The second kappa shape index (κ2) is 10.3. The van der Waals surface area contributed by atoms with E-state index in [2.05, 4.69) is 69.4 Å². The van der Waals surface area contributed by atoms with Crippen LogP contribution >= 0.6 is 0 Å². The van der Waals surface area contributed by atoms with Crippen molar-refractivity contribution in [3.63, 3.8) is 0 Å². The van der Waals surface area contributed by atoms with Gasteiger partial charge in [-0.15, -0.1) is 0 Å². The summed E-state index contributed by atoms with van der Waals surface area (Å²) in [5, 5.41) is 3.18. The second-order valence-corrected chi connectivity index (χ2v) is 11.2. The summed E-state index contributed by atoms with van der Waals surface area (Å²) in [6, 6.07) is 22.0. The third kappa shape index (κ3) is 5.38. The van der Waals surface area contributed by atoms with Gasteiger partial charge in [0.05, 0.1) is 12.0 Å². The molecular formula is C32H38N2O2. The number of carbonyl (C=O) groups is 2. The van der Waals surface area contributed by atoms with Crippen LogP contribution < -0.4 is 5.32 Å². The molecule has 2 atom stereocenters. The standard InChI is InChI=1S/C32H38N2O2/c1-21-15-17-24(18-16-21)29-27(30(35)33-26-13-8-12-25(20-26)32(4,5)6)14-9-19-34(29)31(36)28-22(2)10-7-11-23(28)3/h7-8,10-13,15-18,20,27,29H,9,14,19H2,1-6H3,(H,33,35). The smallest absolute Gasteiger partial charge is 0.254 e. The molecule has 4 nitrogen and oxygen atoms in total. The summed E-state index contributed by atoms with van der Waals surface area (Å²) in [4.78, 5) is 29.7. The Kier molecular flexibility index (Phi) is 7.35. The van der Waals surface area contributed by atoms with E-state index in [9.17, 15) is 9.59 Å². The number of anilines is 1. The molecule has 3 aromatic rings. The van der Waals surface area contributed by atoms with E-state index < -0.39 is 0 Å². The molecule has 4 rings (SSSR count). The van der Waals surface area contributed by atoms with E-state index in [-0.39, 0.29) is 29.2 Å². The van der Waals surface area contributed by atoms with Crippen molar-refractivity contribution in [2.24, 2.45) is 5.92 Å². The molecule has 0 aromatic heterocycles. The van der Waals surface area contributed by atoms with Gasteiger partial charge in [-0.2, -0.15) is 0 Å². The Labute approximate surface area is 215 Å². The third-order valence-electron chi connectivity index (χ3n) is 7.34. The Balaban J connectivity index is 1.70. The van der Waals surface area contributed by atoms with Gasteiger partial charge in [0.1, 0.15) is 0 Å². The van der Waals surface area contributed by atoms with Crippen LogP contribution in [0, 0.1) is 26.7 Å². The molecule has 1 saturated heterocycles. The number of carbonyl (C=O) groups excluding carboxylic acids is 2. The zero-order chi connectivity index (χ0) is 26.0. The molecule has 188 valence electrons. The highest BCUT2D eigenvalue weighted by Crippen LogP contribution is 2.39. The van der Waals surface area contributed by atoms with Gasteiger partial charge >= 0.3 is 0 Å². The van der Waals surface area contributed by atoms with E-state index in [0.717, 1.165) is 46.3 Å². The first kappa shape index (κ1) is 25.7. The fourth-order valence-corrected chi connectivity index (χ4v) is 5.27. The van der Waals surface area contributed by atoms with Crippen molar-refractivity contribution in [3.05, 3.63) is 100 Å². The minimum Gasteiger partial charge on any atom is -0.331 e. The number of hydrogen-bond acceptors (Lipinski definition) is 2. The Morgan fingerprint density at radius 1 is 0.889 bits per heavy atom. The number of piperidine rings is 1. The number of amides is 2. The summed E-state index contributed by atoms with van der Waals surface area (Å²) < 4.78 is 0. The molecule has 1 aliphatic heterocycles. The van der Waals surface area contributed by atoms with Crippen LogP contribution in [0.25, 0.3) is 0 Å². The summed E-state index contributed by atoms with van der Waals surface area (Å²) >= 11 is 0. The largest absolute Gasteiger partial charge is 0.331 e. The molecule has 0 bridgehead atoms. The van der Waals surface area contributed by atoms with Crippen LogP contribution in [0.4, 0.5) is 5.69 Å². The maximum absolute atomic E-state index is 14.0. The van der Waals surface area contributed by atoms with Crippen molar-refractivity contribution in [2.45, 2.75) is 65.8 Å². The summed E-state index contributed by atoms with van der Waals surface area (Å²) in [5.74, 6) is -0.373. The summed E-state index contributed by atoms with van der Waals surface area (Å²) in [7, 11) is 0. The zero-order valence-corrected chi connectivity index (χ0v) is 22.4. The molecule has 0 spiro atoms. The lowest BCUT2D eigenvalue weighted by molar-refractivity contribution is -0.123. The van der Waals surface area contributed by atoms with Crippen molar-refractivity contribution in [2.75, 3.05) is 11.9 Å². The highest BCUT2D eigenvalue weighted by molar-refractivity contribution is 5.99. The lowest BCUT2D eigenvalue weighted by Crippen LogP contribution is -2.46. The first-order valence-corrected chi connectivity index (χ1v) is 12.9. The topological polar surface area (TPSA) is 49.4 Å². The highest BCUT2D eigenvalue weighted by atomic mass is 16.2. The van der Waals surface area contributed by atoms with Gasteiger partial charge < -0.3 is 10.2 Å². The molecule has 36 heavy (non-hydrogen) atoms. The number of nitrogens with zero attached hydrogens (tertiary/aromatic N) is 1. The zero-order valence-electron chi connectivity index (χ0n) is 22.4. The Morgan fingerprint density at radius 2 is 1.53 bits per heavy atom. The van der Waals surface area contributed by atoms with Crippen LogP contribution in [0.5, 0.6) is 0 Å². The molecule has 1 fully saturated rings. The molecule has 1 N–H and O–H groups in total. The molecule has 1 aliphatic rings. The van der Waals surface area contributed by atoms with E-state index in [1.807, 2.05) is 49.1 Å². The molecule has 0 aliphatic carbocycles. The van der Waals surface area contributed by atoms with E-state index in [1.165, 1.54) is 5.56 Å². The first-order valence-electron chi connectivity index (χ1n) is 12.9. The van der Waals surface area contributed by atoms with E-state index >= 15 is 0 Å². The molecule has 4 heteroatoms. The Morgan fingerprint density at radius 3 is 2.17 bits per heavy atom. The molecular weight excluding hydrogens is 444 g/mol. The SMILES string of the molecule is Cc1ccc(C2C(C(=O)Nc3cccc(C(C)(C)C)c3)CCCN2C(=O)c2c(C)cccc2C)cc1. The second-order valence-electron chi connectivity index (χ2n) is 11.2. The molecule has 2 unspecified atom stereocenters. The van der Waals surface area contributed by atoms with Crippen LogP contribution in [0.2, 0.25) is 0 Å². The lowest BCUT2D eigenvalue weighted by Gasteiger charge is -2.41. The number of nitrogens with one attached hydrogen (secondary N) is 1. The summed E-state index contributed by atoms with van der Waals surface area (Å²) in [6.45, 7) is 13.2. The number of rotatable bonds is 4.